The first-order chi connectivity index (χ1) is 27.1. The molecule has 0 fully saturated rings. The summed E-state index contributed by atoms with van der Waals surface area (Å²) in [5.41, 5.74) is 6.75. The lowest BCUT2D eigenvalue weighted by molar-refractivity contribution is -0.0821. The number of fused-ring (bicyclic) bond motifs is 1. The second-order valence-electron chi connectivity index (χ2n) is 13.9. The van der Waals surface area contributed by atoms with Crippen molar-refractivity contribution in [3.8, 4) is 12.3 Å². The fraction of sp³-hybridized carbons (Fsp3) is 0.641. The number of nitrogen functional groups attached to an aromatic ring is 1. The molecule has 2 aromatic heterocycles. The van der Waals surface area contributed by atoms with Crippen LogP contribution in [0.2, 0.25) is 0 Å². The van der Waals surface area contributed by atoms with Gasteiger partial charge in [-0.15, -0.1) is 0 Å². The number of phosphoric acid groups is 1. The molecule has 310 valence electrons. The molecule has 56 heavy (non-hydrogen) atoms. The van der Waals surface area contributed by atoms with Crippen LogP contribution >= 0.6 is 7.82 Å². The number of rotatable bonds is 31. The van der Waals surface area contributed by atoms with E-state index in [1.807, 2.05) is 6.07 Å². The molecule has 0 saturated heterocycles. The second-order valence-corrected chi connectivity index (χ2v) is 15.3. The van der Waals surface area contributed by atoms with Crippen LogP contribution in [0.4, 0.5) is 10.2 Å². The Morgan fingerprint density at radius 1 is 0.893 bits per heavy atom. The maximum Gasteiger partial charge on any atom is 0.472 e. The molecular weight excluding hydrogens is 746 g/mol. The number of benzene rings is 1. The van der Waals surface area contributed by atoms with E-state index in [4.69, 9.17) is 34.3 Å². The molecule has 3 rings (SSSR count). The number of unbranched alkanes of at least 4 members (excludes halogenated alkanes) is 14. The number of halogens is 1. The van der Waals surface area contributed by atoms with E-state index in [1.165, 1.54) is 112 Å². The van der Waals surface area contributed by atoms with Crippen molar-refractivity contribution in [2.75, 3.05) is 32.2 Å². The first kappa shape index (κ1) is 46.7. The Morgan fingerprint density at radius 3 is 2.14 bits per heavy atom. The largest absolute Gasteiger partial charge is 0.472 e. The summed E-state index contributed by atoms with van der Waals surface area (Å²) in [6.45, 7) is 1.18. The van der Waals surface area contributed by atoms with Gasteiger partial charge in [-0.2, -0.15) is 15.6 Å². The number of aliphatic hydroxyl groups excluding tert-OH is 2. The van der Waals surface area contributed by atoms with Gasteiger partial charge in [0.05, 0.1) is 43.8 Å². The number of nitrogens with zero attached hydrogens (tertiary/aromatic N) is 5. The predicted octanol–water partition coefficient (Wildman–Crippen LogP) is 7.19. The predicted molar refractivity (Wildman–Crippen MR) is 206 cm³/mol. The number of hydrogen-bond acceptors (Lipinski definition) is 13. The number of aromatic nitrogens is 3. The Hall–Kier alpha value is -3.70. The lowest BCUT2D eigenvalue weighted by atomic mass is 10.0. The molecule has 5 N–H and O–H groups in total. The fourth-order valence-corrected chi connectivity index (χ4v) is 6.94. The highest BCUT2D eigenvalue weighted by Crippen LogP contribution is 2.44. The van der Waals surface area contributed by atoms with Crippen molar-refractivity contribution in [3.05, 3.63) is 59.3 Å². The topological polar surface area (TPSA) is 228 Å². The molecule has 17 heteroatoms. The quantitative estimate of drug-likeness (QED) is 0.0287. The van der Waals surface area contributed by atoms with Gasteiger partial charge in [-0.25, -0.2) is 18.5 Å². The van der Waals surface area contributed by atoms with Crippen molar-refractivity contribution in [1.29, 1.82) is 10.5 Å². The van der Waals surface area contributed by atoms with Crippen LogP contribution in [0, 0.1) is 28.7 Å². The van der Waals surface area contributed by atoms with Gasteiger partial charge in [0.15, 0.2) is 11.9 Å². The van der Waals surface area contributed by atoms with Crippen molar-refractivity contribution >= 4 is 19.2 Å². The van der Waals surface area contributed by atoms with E-state index in [9.17, 15) is 29.3 Å². The highest BCUT2D eigenvalue weighted by atomic mass is 31.2. The third-order valence-corrected chi connectivity index (χ3v) is 10.3. The average Bonchev–Trinajstić information content (AvgIpc) is 3.63. The first-order valence-corrected chi connectivity index (χ1v) is 21.1. The molecule has 0 spiro atoms. The van der Waals surface area contributed by atoms with Crippen molar-refractivity contribution in [3.63, 3.8) is 0 Å². The zero-order valence-corrected chi connectivity index (χ0v) is 33.2. The minimum absolute atomic E-state index is 0.0244. The molecule has 0 amide bonds. The summed E-state index contributed by atoms with van der Waals surface area (Å²) >= 11 is 0. The standard InChI is InChI=1S/C39H58FN6O9P/c1-2-3-4-5-6-7-8-9-10-11-12-13-14-15-16-19-51-25-33(52-24-31-20-30(23-41)21-32(40)22-31)26-54-56(49,50)55-27-36(53-28-42)38(48)37(47)34-17-18-35-39(43)44-29-45-46(34)35/h17-18,20-22,29,33,36-38,47-48H,2-16,19,24-27H2,1H3,(H,49,50)(H2,43,44,45)/t33-,36-,37+,38-/m1/s1. The zero-order valence-electron chi connectivity index (χ0n) is 32.3. The highest BCUT2D eigenvalue weighted by Gasteiger charge is 2.35. The van der Waals surface area contributed by atoms with E-state index in [-0.39, 0.29) is 30.3 Å². The highest BCUT2D eigenvalue weighted by molar-refractivity contribution is 7.47. The average molecular weight is 805 g/mol. The van der Waals surface area contributed by atoms with Crippen LogP contribution in [0.15, 0.2) is 36.7 Å². The van der Waals surface area contributed by atoms with Crippen LogP contribution in [0.25, 0.3) is 5.52 Å². The molecular formula is C39H58FN6O9P. The van der Waals surface area contributed by atoms with Gasteiger partial charge < -0.3 is 35.1 Å². The molecule has 0 aliphatic rings. The summed E-state index contributed by atoms with van der Waals surface area (Å²) in [5, 5.41) is 44.1. The van der Waals surface area contributed by atoms with Gasteiger partial charge in [0.2, 0.25) is 0 Å². The van der Waals surface area contributed by atoms with E-state index < -0.39 is 51.3 Å². The van der Waals surface area contributed by atoms with Crippen molar-refractivity contribution < 1.29 is 47.3 Å². The lowest BCUT2D eigenvalue weighted by Crippen LogP contribution is -2.37. The van der Waals surface area contributed by atoms with Gasteiger partial charge in [0.1, 0.15) is 36.0 Å². The van der Waals surface area contributed by atoms with Gasteiger partial charge in [-0.3, -0.25) is 9.05 Å². The molecule has 5 atom stereocenters. The Labute approximate surface area is 329 Å². The SMILES string of the molecule is CCCCCCCCCCCCCCCCCOC[C@H](COP(=O)(O)OC[C@@H](OC#N)[C@@H](O)[C@@H](O)c1ccc2c(N)ncnn12)OCc1cc(F)cc(C#N)c1. The fourth-order valence-electron chi connectivity index (χ4n) is 6.17. The van der Waals surface area contributed by atoms with Crippen LogP contribution in [0.5, 0.6) is 0 Å². The molecule has 0 saturated carbocycles. The van der Waals surface area contributed by atoms with E-state index in [1.54, 1.807) is 0 Å². The molecule has 2 heterocycles. The van der Waals surface area contributed by atoms with E-state index in [2.05, 4.69) is 17.0 Å². The van der Waals surface area contributed by atoms with Crippen LogP contribution in [-0.2, 0) is 34.4 Å². The molecule has 3 aromatic rings. The zero-order chi connectivity index (χ0) is 40.6. The summed E-state index contributed by atoms with van der Waals surface area (Å²) in [7, 11) is -4.86. The number of anilines is 1. The van der Waals surface area contributed by atoms with Crippen molar-refractivity contribution in [1.82, 2.24) is 14.6 Å². The minimum atomic E-state index is -4.86. The second kappa shape index (κ2) is 26.3. The maximum atomic E-state index is 14.0. The number of nitrogens with two attached hydrogens (primary N) is 1. The third-order valence-electron chi connectivity index (χ3n) is 9.32. The summed E-state index contributed by atoms with van der Waals surface area (Å²) in [4.78, 5) is 14.3. The van der Waals surface area contributed by atoms with Crippen molar-refractivity contribution in [2.24, 2.45) is 0 Å². The first-order valence-electron chi connectivity index (χ1n) is 19.6. The molecule has 0 radical (unpaired) electrons. The van der Waals surface area contributed by atoms with E-state index in [0.29, 0.717) is 17.7 Å². The van der Waals surface area contributed by atoms with Crippen LogP contribution in [-0.4, -0.2) is 74.4 Å². The van der Waals surface area contributed by atoms with Gasteiger partial charge in [0.25, 0.3) is 6.26 Å². The van der Waals surface area contributed by atoms with Gasteiger partial charge in [0, 0.05) is 6.61 Å². The third kappa shape index (κ3) is 17.2. The van der Waals surface area contributed by atoms with Crippen molar-refractivity contribution in [2.45, 2.75) is 134 Å². The summed E-state index contributed by atoms with van der Waals surface area (Å²) < 4.78 is 54.9. The normalized spacial score (nSPS) is 14.8. The number of aliphatic hydroxyl groups is 2. The van der Waals surface area contributed by atoms with Crippen LogP contribution < -0.4 is 5.73 Å². The molecule has 1 aromatic carbocycles. The van der Waals surface area contributed by atoms with E-state index >= 15 is 0 Å². The molecule has 1 unspecified atom stereocenters. The van der Waals surface area contributed by atoms with Crippen LogP contribution in [0.3, 0.4) is 0 Å². The van der Waals surface area contributed by atoms with Gasteiger partial charge >= 0.3 is 7.82 Å². The number of hydrogen-bond donors (Lipinski definition) is 4. The number of nitriles is 2. The number of phosphoric ester groups is 1. The number of ether oxygens (including phenoxy) is 3. The molecule has 0 bridgehead atoms. The molecule has 0 aliphatic heterocycles. The minimum Gasteiger partial charge on any atom is -0.419 e. The lowest BCUT2D eigenvalue weighted by Gasteiger charge is -2.25. The van der Waals surface area contributed by atoms with E-state index in [0.717, 1.165) is 31.7 Å². The molecule has 0 aliphatic carbocycles. The Balaban J connectivity index is 1.44. The Morgan fingerprint density at radius 2 is 1.52 bits per heavy atom. The Kier molecular flexibility index (Phi) is 21.9. The van der Waals surface area contributed by atoms with Gasteiger partial charge in [-0.1, -0.05) is 96.8 Å². The molecule has 15 nitrogen and oxygen atoms in total. The maximum absolute atomic E-state index is 14.0. The van der Waals surface area contributed by atoms with Gasteiger partial charge in [-0.05, 0) is 42.3 Å². The smallest absolute Gasteiger partial charge is 0.419 e. The Bertz CT molecular complexity index is 1700. The monoisotopic (exact) mass is 804 g/mol. The summed E-state index contributed by atoms with van der Waals surface area (Å²) in [5.74, 6) is -0.489. The summed E-state index contributed by atoms with van der Waals surface area (Å²) in [6, 6.07) is 8.61. The summed E-state index contributed by atoms with van der Waals surface area (Å²) in [6.07, 6.45) is 15.1. The van der Waals surface area contributed by atoms with Crippen LogP contribution in [0.1, 0.15) is 126 Å².